The van der Waals surface area contributed by atoms with Gasteiger partial charge in [0.1, 0.15) is 0 Å². The van der Waals surface area contributed by atoms with Crippen LogP contribution in [0.4, 0.5) is 5.69 Å². The van der Waals surface area contributed by atoms with Crippen LogP contribution in [0.1, 0.15) is 5.56 Å². The van der Waals surface area contributed by atoms with Crippen molar-refractivity contribution in [2.75, 3.05) is 26.1 Å². The second kappa shape index (κ2) is 3.33. The smallest absolute Gasteiger partial charge is 0.184 e. The molecule has 0 saturated heterocycles. The first-order chi connectivity index (χ1) is 7.85. The van der Waals surface area contributed by atoms with Crippen LogP contribution in [-0.2, 0) is 6.42 Å². The molecule has 0 fully saturated rings. The highest BCUT2D eigenvalue weighted by molar-refractivity contribution is 6.01. The molecule has 0 spiro atoms. The van der Waals surface area contributed by atoms with Gasteiger partial charge in [0.05, 0.1) is 25.4 Å². The van der Waals surface area contributed by atoms with Crippen molar-refractivity contribution in [1.29, 1.82) is 0 Å². The van der Waals surface area contributed by atoms with Crippen LogP contribution in [0.15, 0.2) is 12.3 Å². The SMILES string of the molecule is COc1cc2[nH]cc3c2c(c1OC)NCC3. The molecular weight excluding hydrogens is 204 g/mol. The minimum absolute atomic E-state index is 0.757. The highest BCUT2D eigenvalue weighted by atomic mass is 16.5. The van der Waals surface area contributed by atoms with Crippen molar-refractivity contribution in [3.63, 3.8) is 0 Å². The fourth-order valence-corrected chi connectivity index (χ4v) is 2.37. The van der Waals surface area contributed by atoms with Crippen molar-refractivity contribution in [2.45, 2.75) is 6.42 Å². The molecule has 1 aromatic carbocycles. The Hall–Kier alpha value is -1.84. The number of H-pyrrole nitrogens is 1. The first-order valence-corrected chi connectivity index (χ1v) is 5.34. The summed E-state index contributed by atoms with van der Waals surface area (Å²) in [6.07, 6.45) is 3.11. The summed E-state index contributed by atoms with van der Waals surface area (Å²) in [5, 5.41) is 4.61. The minimum atomic E-state index is 0.757. The van der Waals surface area contributed by atoms with Gasteiger partial charge in [-0.15, -0.1) is 0 Å². The normalized spacial score (nSPS) is 13.6. The Kier molecular flexibility index (Phi) is 1.96. The first-order valence-electron chi connectivity index (χ1n) is 5.34. The van der Waals surface area contributed by atoms with Crippen LogP contribution in [-0.4, -0.2) is 25.7 Å². The molecular formula is C12H14N2O2. The van der Waals surface area contributed by atoms with E-state index in [-0.39, 0.29) is 0 Å². The number of rotatable bonds is 2. The fourth-order valence-electron chi connectivity index (χ4n) is 2.37. The van der Waals surface area contributed by atoms with E-state index in [0.29, 0.717) is 0 Å². The molecule has 0 unspecified atom stereocenters. The molecule has 84 valence electrons. The highest BCUT2D eigenvalue weighted by Crippen LogP contribution is 2.44. The summed E-state index contributed by atoms with van der Waals surface area (Å²) in [5.41, 5.74) is 3.47. The third kappa shape index (κ3) is 1.10. The third-order valence-corrected chi connectivity index (χ3v) is 3.09. The van der Waals surface area contributed by atoms with Gasteiger partial charge in [-0.05, 0) is 12.0 Å². The molecule has 16 heavy (non-hydrogen) atoms. The molecule has 0 atom stereocenters. The molecule has 0 bridgehead atoms. The van der Waals surface area contributed by atoms with E-state index in [1.54, 1.807) is 14.2 Å². The Bertz CT molecular complexity index is 545. The predicted molar refractivity (Wildman–Crippen MR) is 63.6 cm³/mol. The largest absolute Gasteiger partial charge is 0.493 e. The third-order valence-electron chi connectivity index (χ3n) is 3.09. The highest BCUT2D eigenvalue weighted by Gasteiger charge is 2.21. The topological polar surface area (TPSA) is 46.3 Å². The molecule has 3 rings (SSSR count). The molecule has 2 heterocycles. The van der Waals surface area contributed by atoms with Crippen molar-refractivity contribution in [3.05, 3.63) is 17.8 Å². The van der Waals surface area contributed by atoms with Gasteiger partial charge < -0.3 is 19.8 Å². The lowest BCUT2D eigenvalue weighted by Gasteiger charge is -2.19. The summed E-state index contributed by atoms with van der Waals surface area (Å²) in [4.78, 5) is 3.27. The monoisotopic (exact) mass is 218 g/mol. The Labute approximate surface area is 93.6 Å². The van der Waals surface area contributed by atoms with Gasteiger partial charge in [0.2, 0.25) is 0 Å². The lowest BCUT2D eigenvalue weighted by molar-refractivity contribution is 0.357. The van der Waals surface area contributed by atoms with Gasteiger partial charge in [-0.1, -0.05) is 0 Å². The van der Waals surface area contributed by atoms with E-state index in [4.69, 9.17) is 9.47 Å². The van der Waals surface area contributed by atoms with Crippen molar-refractivity contribution < 1.29 is 9.47 Å². The van der Waals surface area contributed by atoms with Crippen molar-refractivity contribution in [3.8, 4) is 11.5 Å². The maximum atomic E-state index is 5.42. The van der Waals surface area contributed by atoms with Crippen LogP contribution in [0, 0.1) is 0 Å². The minimum Gasteiger partial charge on any atom is -0.493 e. The number of aromatic nitrogens is 1. The second-order valence-corrected chi connectivity index (χ2v) is 3.90. The molecule has 2 N–H and O–H groups in total. The Morgan fingerprint density at radius 1 is 1.25 bits per heavy atom. The summed E-state index contributed by atoms with van der Waals surface area (Å²) in [6.45, 7) is 0.934. The summed E-state index contributed by atoms with van der Waals surface area (Å²) < 4.78 is 10.8. The van der Waals surface area contributed by atoms with Crippen molar-refractivity contribution in [2.24, 2.45) is 0 Å². The number of ether oxygens (including phenoxy) is 2. The van der Waals surface area contributed by atoms with Crippen molar-refractivity contribution >= 4 is 16.6 Å². The molecule has 0 radical (unpaired) electrons. The number of nitrogens with one attached hydrogen (secondary N) is 2. The van der Waals surface area contributed by atoms with Crippen LogP contribution < -0.4 is 14.8 Å². The number of hydrogen-bond donors (Lipinski definition) is 2. The van der Waals surface area contributed by atoms with Gasteiger partial charge in [-0.2, -0.15) is 0 Å². The molecule has 4 heteroatoms. The summed E-state index contributed by atoms with van der Waals surface area (Å²) in [6, 6.07) is 1.98. The summed E-state index contributed by atoms with van der Waals surface area (Å²) in [5.74, 6) is 1.54. The summed E-state index contributed by atoms with van der Waals surface area (Å²) in [7, 11) is 3.33. The number of hydrogen-bond acceptors (Lipinski definition) is 3. The second-order valence-electron chi connectivity index (χ2n) is 3.90. The van der Waals surface area contributed by atoms with Gasteiger partial charge in [0, 0.05) is 24.2 Å². The van der Waals surface area contributed by atoms with E-state index in [2.05, 4.69) is 16.5 Å². The molecule has 2 aromatic rings. The van der Waals surface area contributed by atoms with Crippen LogP contribution in [0.2, 0.25) is 0 Å². The lowest BCUT2D eigenvalue weighted by atomic mass is 10.0. The molecule has 0 aliphatic carbocycles. The first kappa shape index (κ1) is 9.39. The maximum absolute atomic E-state index is 5.42. The average molecular weight is 218 g/mol. The molecule has 1 aliphatic rings. The van der Waals surface area contributed by atoms with E-state index >= 15 is 0 Å². The summed E-state index contributed by atoms with van der Waals surface area (Å²) >= 11 is 0. The van der Waals surface area contributed by atoms with E-state index in [0.717, 1.165) is 35.7 Å². The fraction of sp³-hybridized carbons (Fsp3) is 0.333. The van der Waals surface area contributed by atoms with Gasteiger partial charge in [-0.3, -0.25) is 0 Å². The van der Waals surface area contributed by atoms with Gasteiger partial charge in [0.25, 0.3) is 0 Å². The van der Waals surface area contributed by atoms with E-state index in [1.165, 1.54) is 10.9 Å². The quantitative estimate of drug-likeness (QED) is 0.812. The van der Waals surface area contributed by atoms with Crippen molar-refractivity contribution in [1.82, 2.24) is 4.98 Å². The van der Waals surface area contributed by atoms with Gasteiger partial charge in [0.15, 0.2) is 11.5 Å². The van der Waals surface area contributed by atoms with Crippen LogP contribution in [0.25, 0.3) is 10.9 Å². The van der Waals surface area contributed by atoms with Gasteiger partial charge in [-0.25, -0.2) is 0 Å². The molecule has 0 saturated carbocycles. The van der Waals surface area contributed by atoms with Crippen LogP contribution >= 0.6 is 0 Å². The number of anilines is 1. The zero-order chi connectivity index (χ0) is 11.1. The zero-order valence-electron chi connectivity index (χ0n) is 9.39. The Balaban J connectivity index is 2.39. The van der Waals surface area contributed by atoms with E-state index in [9.17, 15) is 0 Å². The van der Waals surface area contributed by atoms with Gasteiger partial charge >= 0.3 is 0 Å². The lowest BCUT2D eigenvalue weighted by Crippen LogP contribution is -2.11. The predicted octanol–water partition coefficient (Wildman–Crippen LogP) is 2.15. The van der Waals surface area contributed by atoms with Crippen LogP contribution in [0.3, 0.4) is 0 Å². The average Bonchev–Trinajstić information content (AvgIpc) is 2.74. The zero-order valence-corrected chi connectivity index (χ0v) is 9.39. The number of methoxy groups -OCH3 is 2. The van der Waals surface area contributed by atoms with E-state index < -0.39 is 0 Å². The number of benzene rings is 1. The Morgan fingerprint density at radius 3 is 2.88 bits per heavy atom. The molecule has 4 nitrogen and oxygen atoms in total. The molecule has 1 aliphatic heterocycles. The standard InChI is InChI=1S/C12H14N2O2/c1-15-9-5-8-10-7(6-14-8)3-4-13-11(10)12(9)16-2/h5-6,13-14H,3-4H2,1-2H3. The Morgan fingerprint density at radius 2 is 2.12 bits per heavy atom. The maximum Gasteiger partial charge on any atom is 0.184 e. The van der Waals surface area contributed by atoms with E-state index in [1.807, 2.05) is 6.07 Å². The number of aromatic amines is 1. The van der Waals surface area contributed by atoms with Crippen LogP contribution in [0.5, 0.6) is 11.5 Å². The molecule has 1 aromatic heterocycles. The molecule has 0 amide bonds.